The molecule has 4 aromatic rings. The van der Waals surface area contributed by atoms with Crippen molar-refractivity contribution in [3.8, 4) is 0 Å². The fraction of sp³-hybridized carbons (Fsp3) is 0.250. The Labute approximate surface area is 211 Å². The van der Waals surface area contributed by atoms with Gasteiger partial charge in [0.1, 0.15) is 6.61 Å². The molecule has 2 aliphatic rings. The predicted octanol–water partition coefficient (Wildman–Crippen LogP) is 8.68. The molecule has 0 aromatic heterocycles. The van der Waals surface area contributed by atoms with E-state index in [0.717, 1.165) is 24.8 Å². The van der Waals surface area contributed by atoms with Crippen molar-refractivity contribution in [2.45, 2.75) is 38.0 Å². The highest BCUT2D eigenvalue weighted by molar-refractivity contribution is 9.09. The van der Waals surface area contributed by atoms with E-state index < -0.39 is 0 Å². The average molecular weight is 512 g/mol. The van der Waals surface area contributed by atoms with Crippen molar-refractivity contribution in [1.82, 2.24) is 0 Å². The first-order valence-corrected chi connectivity index (χ1v) is 13.5. The first-order chi connectivity index (χ1) is 16.8. The van der Waals surface area contributed by atoms with Gasteiger partial charge < -0.3 is 4.74 Å². The number of allylic oxidation sites excluding steroid dienone is 2. The van der Waals surface area contributed by atoms with Crippen LogP contribution in [0, 0.1) is 0 Å². The minimum atomic E-state index is 0.621. The molecule has 172 valence electrons. The number of rotatable bonds is 4. The molecule has 0 fully saturated rings. The normalized spacial score (nSPS) is 16.6. The summed E-state index contributed by atoms with van der Waals surface area (Å²) in [5, 5.41) is 6.63. The van der Waals surface area contributed by atoms with Gasteiger partial charge in [0, 0.05) is 5.33 Å². The second-order valence-electron chi connectivity index (χ2n) is 9.16. The lowest BCUT2D eigenvalue weighted by molar-refractivity contribution is 0.286. The number of hydrogen-bond donors (Lipinski definition) is 0. The molecule has 1 aliphatic carbocycles. The van der Waals surface area contributed by atoms with Gasteiger partial charge in [0.15, 0.2) is 0 Å². The summed E-state index contributed by atoms with van der Waals surface area (Å²) >= 11 is 3.54. The van der Waals surface area contributed by atoms with Crippen LogP contribution in [0.2, 0.25) is 0 Å². The van der Waals surface area contributed by atoms with E-state index in [0.29, 0.717) is 5.92 Å². The monoisotopic (exact) mass is 510 g/mol. The molecule has 0 radical (unpaired) electrons. The largest absolute Gasteiger partial charge is 0.497 e. The molecule has 0 bridgehead atoms. The van der Waals surface area contributed by atoms with Crippen LogP contribution in [0.25, 0.3) is 21.5 Å². The van der Waals surface area contributed by atoms with Gasteiger partial charge in [-0.15, -0.1) is 0 Å². The number of hydrogen-bond acceptors (Lipinski definition) is 1. The van der Waals surface area contributed by atoms with Gasteiger partial charge in [0.05, 0.1) is 6.26 Å². The van der Waals surface area contributed by atoms with Gasteiger partial charge in [-0.3, -0.25) is 0 Å². The minimum Gasteiger partial charge on any atom is -0.497 e. The maximum Gasteiger partial charge on any atom is 0.106 e. The second-order valence-corrected chi connectivity index (χ2v) is 9.95. The molecule has 6 rings (SSSR count). The molecule has 34 heavy (non-hydrogen) atoms. The second kappa shape index (κ2) is 11.1. The predicted molar refractivity (Wildman–Crippen MR) is 149 cm³/mol. The minimum absolute atomic E-state index is 0.621. The third-order valence-electron chi connectivity index (χ3n) is 6.97. The molecule has 0 saturated heterocycles. The average Bonchev–Trinajstić information content (AvgIpc) is 2.91. The molecule has 0 saturated carbocycles. The van der Waals surface area contributed by atoms with E-state index in [4.69, 9.17) is 4.74 Å². The van der Waals surface area contributed by atoms with Crippen LogP contribution in [0.15, 0.2) is 97.3 Å². The van der Waals surface area contributed by atoms with Crippen LogP contribution in [0.1, 0.15) is 41.0 Å². The third kappa shape index (κ3) is 5.13. The number of alkyl halides is 1. The molecule has 2 heteroatoms. The van der Waals surface area contributed by atoms with E-state index in [1.807, 2.05) is 18.2 Å². The van der Waals surface area contributed by atoms with Crippen molar-refractivity contribution in [3.05, 3.63) is 120 Å². The third-order valence-corrected chi connectivity index (χ3v) is 7.36. The molecule has 1 nitrogen and oxygen atoms in total. The van der Waals surface area contributed by atoms with Crippen molar-refractivity contribution in [2.75, 3.05) is 11.9 Å². The summed E-state index contributed by atoms with van der Waals surface area (Å²) < 4.78 is 4.80. The van der Waals surface area contributed by atoms with Gasteiger partial charge in [-0.1, -0.05) is 94.8 Å². The fourth-order valence-corrected chi connectivity index (χ4v) is 5.78. The maximum atomic E-state index is 4.80. The number of aryl methyl sites for hydroxylation is 2. The lowest BCUT2D eigenvalue weighted by Gasteiger charge is -2.28. The Balaban J connectivity index is 0.000000351. The molecule has 0 spiro atoms. The Morgan fingerprint density at radius 3 is 2.35 bits per heavy atom. The number of ether oxygens (including phenoxy) is 1. The lowest BCUT2D eigenvalue weighted by Crippen LogP contribution is -2.13. The van der Waals surface area contributed by atoms with Crippen molar-refractivity contribution in [1.29, 1.82) is 0 Å². The highest BCUT2D eigenvalue weighted by Crippen LogP contribution is 2.40. The van der Waals surface area contributed by atoms with Crippen LogP contribution in [-0.2, 0) is 24.0 Å². The lowest BCUT2D eigenvalue weighted by atomic mass is 9.77. The summed E-state index contributed by atoms with van der Waals surface area (Å²) in [7, 11) is 0. The van der Waals surface area contributed by atoms with Crippen molar-refractivity contribution in [3.63, 3.8) is 0 Å². The van der Waals surface area contributed by atoms with Crippen LogP contribution in [-0.4, -0.2) is 11.9 Å². The molecule has 0 amide bonds. The highest BCUT2D eigenvalue weighted by atomic mass is 79.9. The van der Waals surface area contributed by atoms with Crippen LogP contribution in [0.5, 0.6) is 0 Å². The summed E-state index contributed by atoms with van der Waals surface area (Å²) in [4.78, 5) is 0. The zero-order valence-electron chi connectivity index (χ0n) is 19.6. The van der Waals surface area contributed by atoms with Gasteiger partial charge in [-0.05, 0) is 94.0 Å². The van der Waals surface area contributed by atoms with Crippen LogP contribution in [0.3, 0.4) is 0 Å². The fourth-order valence-electron chi connectivity index (χ4n) is 5.33. The Hall–Kier alpha value is -2.84. The zero-order chi connectivity index (χ0) is 23.2. The van der Waals surface area contributed by atoms with E-state index in [9.17, 15) is 0 Å². The van der Waals surface area contributed by atoms with Crippen LogP contribution < -0.4 is 0 Å². The van der Waals surface area contributed by atoms with Crippen molar-refractivity contribution < 1.29 is 4.74 Å². The topological polar surface area (TPSA) is 9.23 Å². The number of halogens is 1. The summed E-state index contributed by atoms with van der Waals surface area (Å²) in [6, 6.07) is 27.5. The number of benzene rings is 4. The standard InChI is InChI=1S/C27H25Br.C5H6O/c28-17-16-19-8-10-20(11-9-19)18-23-6-3-5-22-13-14-25-24-7-2-1-4-21(24)12-15-26(25)27(22)23;1-2-4-6-5-3-1/h1-2,4,7-15,23H,3,5-6,16-18H2;1-4H,5H2. The molecule has 1 atom stereocenters. The van der Waals surface area contributed by atoms with Gasteiger partial charge in [0.25, 0.3) is 0 Å². The van der Waals surface area contributed by atoms with Crippen molar-refractivity contribution in [2.24, 2.45) is 0 Å². The highest BCUT2D eigenvalue weighted by Gasteiger charge is 2.23. The summed E-state index contributed by atoms with van der Waals surface area (Å²) in [5.74, 6) is 0.621. The van der Waals surface area contributed by atoms with Gasteiger partial charge >= 0.3 is 0 Å². The Bertz CT molecular complexity index is 1300. The molecular formula is C32H31BrO. The van der Waals surface area contributed by atoms with Crippen molar-refractivity contribution >= 4 is 37.5 Å². The maximum absolute atomic E-state index is 4.80. The molecule has 4 aromatic carbocycles. The van der Waals surface area contributed by atoms with Gasteiger partial charge in [-0.25, -0.2) is 0 Å². The Morgan fingerprint density at radius 2 is 1.62 bits per heavy atom. The van der Waals surface area contributed by atoms with Gasteiger partial charge in [-0.2, -0.15) is 0 Å². The van der Waals surface area contributed by atoms with E-state index in [-0.39, 0.29) is 0 Å². The Morgan fingerprint density at radius 1 is 0.794 bits per heavy atom. The SMILES string of the molecule is BrCCc1ccc(CC2CCCc3ccc4c(ccc5ccccc54)c32)cc1.C1=CCOC=C1. The van der Waals surface area contributed by atoms with E-state index in [1.54, 1.807) is 17.4 Å². The first-order valence-electron chi connectivity index (χ1n) is 12.3. The molecular weight excluding hydrogens is 480 g/mol. The smallest absolute Gasteiger partial charge is 0.106 e. The first kappa shape index (κ1) is 22.9. The van der Waals surface area contributed by atoms with E-state index >= 15 is 0 Å². The van der Waals surface area contributed by atoms with E-state index in [2.05, 4.69) is 88.7 Å². The molecule has 1 heterocycles. The summed E-state index contributed by atoms with van der Waals surface area (Å²) in [6.07, 6.45) is 13.5. The molecule has 1 unspecified atom stereocenters. The van der Waals surface area contributed by atoms with E-state index in [1.165, 1.54) is 51.9 Å². The molecule has 0 N–H and O–H groups in total. The molecule has 1 aliphatic heterocycles. The zero-order valence-corrected chi connectivity index (χ0v) is 21.1. The summed E-state index contributed by atoms with van der Waals surface area (Å²) in [5.41, 5.74) is 6.06. The van der Waals surface area contributed by atoms with Crippen LogP contribution >= 0.6 is 15.9 Å². The Kier molecular flexibility index (Phi) is 7.46. The number of fused-ring (bicyclic) bond motifs is 5. The van der Waals surface area contributed by atoms with Gasteiger partial charge in [0.2, 0.25) is 0 Å². The quantitative estimate of drug-likeness (QED) is 0.197. The van der Waals surface area contributed by atoms with Crippen LogP contribution in [0.4, 0.5) is 0 Å². The summed E-state index contributed by atoms with van der Waals surface area (Å²) in [6.45, 7) is 0.733.